The van der Waals surface area contributed by atoms with Crippen LogP contribution in [0.25, 0.3) is 0 Å². The standard InChI is InChI=1S/C13H17N5OS/c1-9(15-12(19)8-18-7-6-14-17-18)13-16-10-4-2-3-5-11(10)20-13/h6-7,9H,2-5,8H2,1H3,(H,15,19)/t9-/m1/s1. The lowest BCUT2D eigenvalue weighted by molar-refractivity contribution is -0.122. The second-order valence-corrected chi connectivity index (χ2v) is 6.13. The summed E-state index contributed by atoms with van der Waals surface area (Å²) in [6, 6.07) is -0.0541. The molecule has 2 aromatic rings. The highest BCUT2D eigenvalue weighted by molar-refractivity contribution is 7.11. The third-order valence-electron chi connectivity index (χ3n) is 3.39. The fourth-order valence-corrected chi connectivity index (χ4v) is 3.53. The maximum Gasteiger partial charge on any atom is 0.242 e. The zero-order chi connectivity index (χ0) is 13.9. The number of aromatic nitrogens is 4. The fourth-order valence-electron chi connectivity index (χ4n) is 2.37. The molecule has 1 N–H and O–H groups in total. The highest BCUT2D eigenvalue weighted by Crippen LogP contribution is 2.29. The Bertz CT molecular complexity index is 568. The van der Waals surface area contributed by atoms with Gasteiger partial charge in [0.25, 0.3) is 0 Å². The molecule has 0 spiro atoms. The van der Waals surface area contributed by atoms with E-state index in [4.69, 9.17) is 0 Å². The number of rotatable bonds is 4. The summed E-state index contributed by atoms with van der Waals surface area (Å²) in [5.41, 5.74) is 1.23. The molecule has 0 saturated heterocycles. The molecule has 0 saturated carbocycles. The molecule has 1 aliphatic carbocycles. The average Bonchev–Trinajstić information content (AvgIpc) is 3.06. The van der Waals surface area contributed by atoms with Crippen LogP contribution in [-0.2, 0) is 24.2 Å². The number of thiazole rings is 1. The van der Waals surface area contributed by atoms with Crippen molar-refractivity contribution in [3.8, 4) is 0 Å². The zero-order valence-corrected chi connectivity index (χ0v) is 12.2. The molecule has 0 radical (unpaired) electrons. The van der Waals surface area contributed by atoms with Crippen LogP contribution in [0.3, 0.4) is 0 Å². The average molecular weight is 291 g/mol. The van der Waals surface area contributed by atoms with Crippen molar-refractivity contribution < 1.29 is 4.79 Å². The minimum atomic E-state index is -0.0730. The van der Waals surface area contributed by atoms with Crippen LogP contribution in [0, 0.1) is 0 Å². The normalized spacial score (nSPS) is 15.7. The number of aryl methyl sites for hydroxylation is 2. The van der Waals surface area contributed by atoms with E-state index in [1.54, 1.807) is 23.7 Å². The van der Waals surface area contributed by atoms with E-state index in [0.29, 0.717) is 0 Å². The van der Waals surface area contributed by atoms with Gasteiger partial charge in [-0.1, -0.05) is 5.21 Å². The fraction of sp³-hybridized carbons (Fsp3) is 0.538. The summed E-state index contributed by atoms with van der Waals surface area (Å²) in [6.07, 6.45) is 7.92. The van der Waals surface area contributed by atoms with E-state index in [0.717, 1.165) is 17.8 Å². The maximum atomic E-state index is 11.9. The Morgan fingerprint density at radius 3 is 3.10 bits per heavy atom. The van der Waals surface area contributed by atoms with E-state index in [9.17, 15) is 4.79 Å². The van der Waals surface area contributed by atoms with Gasteiger partial charge in [-0.05, 0) is 32.6 Å². The second kappa shape index (κ2) is 5.70. The Morgan fingerprint density at radius 2 is 2.35 bits per heavy atom. The van der Waals surface area contributed by atoms with Crippen LogP contribution in [0.1, 0.15) is 41.4 Å². The van der Waals surface area contributed by atoms with Crippen LogP contribution in [0.15, 0.2) is 12.4 Å². The maximum absolute atomic E-state index is 11.9. The van der Waals surface area contributed by atoms with Gasteiger partial charge in [-0.15, -0.1) is 16.4 Å². The minimum absolute atomic E-state index is 0.0541. The number of carbonyl (C=O) groups is 1. The van der Waals surface area contributed by atoms with Crippen molar-refractivity contribution in [2.24, 2.45) is 0 Å². The molecule has 7 heteroatoms. The van der Waals surface area contributed by atoms with Crippen molar-refractivity contribution in [2.45, 2.75) is 45.2 Å². The van der Waals surface area contributed by atoms with Crippen molar-refractivity contribution in [1.82, 2.24) is 25.3 Å². The van der Waals surface area contributed by atoms with Crippen LogP contribution in [0.4, 0.5) is 0 Å². The van der Waals surface area contributed by atoms with E-state index in [1.807, 2.05) is 6.92 Å². The first-order valence-corrected chi connectivity index (χ1v) is 7.66. The summed E-state index contributed by atoms with van der Waals surface area (Å²) in [7, 11) is 0. The van der Waals surface area contributed by atoms with Gasteiger partial charge >= 0.3 is 0 Å². The van der Waals surface area contributed by atoms with Crippen LogP contribution < -0.4 is 5.32 Å². The predicted octanol–water partition coefficient (Wildman–Crippen LogP) is 1.49. The van der Waals surface area contributed by atoms with Crippen LogP contribution in [0.5, 0.6) is 0 Å². The number of hydrogen-bond donors (Lipinski definition) is 1. The van der Waals surface area contributed by atoms with Crippen molar-refractivity contribution in [2.75, 3.05) is 0 Å². The summed E-state index contributed by atoms with van der Waals surface area (Å²) in [5.74, 6) is -0.0730. The van der Waals surface area contributed by atoms with E-state index in [-0.39, 0.29) is 18.5 Å². The molecule has 0 fully saturated rings. The van der Waals surface area contributed by atoms with Crippen LogP contribution in [-0.4, -0.2) is 25.9 Å². The Hall–Kier alpha value is -1.76. The van der Waals surface area contributed by atoms with Crippen LogP contribution >= 0.6 is 11.3 Å². The highest BCUT2D eigenvalue weighted by atomic mass is 32.1. The van der Waals surface area contributed by atoms with E-state index in [1.165, 1.54) is 28.1 Å². The summed E-state index contributed by atoms with van der Waals surface area (Å²) >= 11 is 1.73. The summed E-state index contributed by atoms with van der Waals surface area (Å²) in [6.45, 7) is 2.17. The molecule has 6 nitrogen and oxygen atoms in total. The number of nitrogens with zero attached hydrogens (tertiary/aromatic N) is 4. The summed E-state index contributed by atoms with van der Waals surface area (Å²) in [5, 5.41) is 11.4. The van der Waals surface area contributed by atoms with Gasteiger partial charge in [-0.2, -0.15) is 0 Å². The molecule has 1 amide bonds. The lowest BCUT2D eigenvalue weighted by Crippen LogP contribution is -2.30. The van der Waals surface area contributed by atoms with Crippen molar-refractivity contribution in [3.05, 3.63) is 28.0 Å². The predicted molar refractivity (Wildman–Crippen MR) is 75.3 cm³/mol. The molecular formula is C13H17N5OS. The molecule has 2 aromatic heterocycles. The Kier molecular flexibility index (Phi) is 3.77. The molecule has 2 heterocycles. The number of nitrogens with one attached hydrogen (secondary N) is 1. The van der Waals surface area contributed by atoms with E-state index >= 15 is 0 Å². The van der Waals surface area contributed by atoms with Gasteiger partial charge in [-0.3, -0.25) is 4.79 Å². The lowest BCUT2D eigenvalue weighted by atomic mass is 10.0. The van der Waals surface area contributed by atoms with Crippen molar-refractivity contribution >= 4 is 17.2 Å². The largest absolute Gasteiger partial charge is 0.346 e. The van der Waals surface area contributed by atoms with Gasteiger partial charge in [0, 0.05) is 11.1 Å². The Balaban J connectivity index is 1.62. The minimum Gasteiger partial charge on any atom is -0.346 e. The molecule has 0 aromatic carbocycles. The Labute approximate surface area is 121 Å². The van der Waals surface area contributed by atoms with Gasteiger partial charge in [0.2, 0.25) is 5.91 Å². The van der Waals surface area contributed by atoms with Crippen molar-refractivity contribution in [3.63, 3.8) is 0 Å². The number of amides is 1. The van der Waals surface area contributed by atoms with Gasteiger partial charge in [0.15, 0.2) is 0 Å². The Morgan fingerprint density at radius 1 is 1.50 bits per heavy atom. The first kappa shape index (κ1) is 13.2. The van der Waals surface area contributed by atoms with Gasteiger partial charge in [-0.25, -0.2) is 9.67 Å². The summed E-state index contributed by atoms with van der Waals surface area (Å²) in [4.78, 5) is 18.0. The van der Waals surface area contributed by atoms with Gasteiger partial charge < -0.3 is 5.32 Å². The van der Waals surface area contributed by atoms with Crippen LogP contribution in [0.2, 0.25) is 0 Å². The highest BCUT2D eigenvalue weighted by Gasteiger charge is 2.19. The second-order valence-electron chi connectivity index (χ2n) is 5.02. The molecule has 3 rings (SSSR count). The number of hydrogen-bond acceptors (Lipinski definition) is 5. The summed E-state index contributed by atoms with van der Waals surface area (Å²) < 4.78 is 1.51. The molecule has 0 aliphatic heterocycles. The molecule has 0 bridgehead atoms. The van der Waals surface area contributed by atoms with E-state index < -0.39 is 0 Å². The lowest BCUT2D eigenvalue weighted by Gasteiger charge is -2.10. The zero-order valence-electron chi connectivity index (χ0n) is 11.4. The third kappa shape index (κ3) is 2.87. The number of fused-ring (bicyclic) bond motifs is 1. The molecule has 1 aliphatic rings. The molecule has 1 atom stereocenters. The molecule has 0 unspecified atom stereocenters. The molecule has 20 heavy (non-hydrogen) atoms. The quantitative estimate of drug-likeness (QED) is 0.926. The smallest absolute Gasteiger partial charge is 0.242 e. The first-order valence-electron chi connectivity index (χ1n) is 6.84. The SMILES string of the molecule is C[C@@H](NC(=O)Cn1ccnn1)c1nc2c(s1)CCCC2. The molecule has 106 valence electrons. The molecular weight excluding hydrogens is 274 g/mol. The van der Waals surface area contributed by atoms with E-state index in [2.05, 4.69) is 20.6 Å². The van der Waals surface area contributed by atoms with Crippen molar-refractivity contribution in [1.29, 1.82) is 0 Å². The monoisotopic (exact) mass is 291 g/mol. The first-order chi connectivity index (χ1) is 9.72. The topological polar surface area (TPSA) is 72.7 Å². The number of carbonyl (C=O) groups excluding carboxylic acids is 1. The third-order valence-corrected chi connectivity index (χ3v) is 4.73. The van der Waals surface area contributed by atoms with Gasteiger partial charge in [0.05, 0.1) is 17.9 Å². The van der Waals surface area contributed by atoms with Gasteiger partial charge in [0.1, 0.15) is 11.6 Å².